The van der Waals surface area contributed by atoms with E-state index in [1.807, 2.05) is 12.1 Å². The van der Waals surface area contributed by atoms with Crippen molar-refractivity contribution in [1.82, 2.24) is 4.90 Å². The van der Waals surface area contributed by atoms with Gasteiger partial charge in [0, 0.05) is 11.4 Å². The van der Waals surface area contributed by atoms with Crippen molar-refractivity contribution in [2.24, 2.45) is 0 Å². The molecule has 4 heteroatoms. The van der Waals surface area contributed by atoms with Crippen molar-refractivity contribution >= 4 is 22.9 Å². The molecule has 0 aliphatic carbocycles. The zero-order valence-electron chi connectivity index (χ0n) is 9.16. The third-order valence-electron chi connectivity index (χ3n) is 2.98. The second-order valence-corrected chi connectivity index (χ2v) is 5.93. The van der Waals surface area contributed by atoms with Crippen LogP contribution in [-0.2, 0) is 0 Å². The van der Waals surface area contributed by atoms with Gasteiger partial charge in [-0.15, -0.1) is 11.3 Å². The van der Waals surface area contributed by atoms with Gasteiger partial charge in [-0.3, -0.25) is 0 Å². The van der Waals surface area contributed by atoms with E-state index in [1.54, 1.807) is 0 Å². The maximum Gasteiger partial charge on any atom is 0.0933 e. The Hall–Kier alpha value is -0.560. The highest BCUT2D eigenvalue weighted by Gasteiger charge is 2.18. The van der Waals surface area contributed by atoms with E-state index in [0.29, 0.717) is 0 Å². The molecule has 2 heterocycles. The van der Waals surface area contributed by atoms with Crippen LogP contribution < -0.4 is 0 Å². The molecule has 0 N–H and O–H groups in total. The maximum absolute atomic E-state index is 9.21. The van der Waals surface area contributed by atoms with Crippen LogP contribution in [0.25, 0.3) is 0 Å². The molecule has 1 aromatic heterocycles. The van der Waals surface area contributed by atoms with Crippen molar-refractivity contribution in [3.8, 4) is 6.07 Å². The van der Waals surface area contributed by atoms with Crippen molar-refractivity contribution in [2.45, 2.75) is 25.2 Å². The van der Waals surface area contributed by atoms with E-state index in [4.69, 9.17) is 11.6 Å². The first kappa shape index (κ1) is 11.9. The predicted molar refractivity (Wildman–Crippen MR) is 68.0 cm³/mol. The van der Waals surface area contributed by atoms with E-state index >= 15 is 0 Å². The minimum atomic E-state index is -0.0180. The highest BCUT2D eigenvalue weighted by Crippen LogP contribution is 2.29. The minimum Gasteiger partial charge on any atom is -0.302 e. The summed E-state index contributed by atoms with van der Waals surface area (Å²) < 4.78 is 0.772. The SMILES string of the molecule is N#CC(CN1CCCCC1)c1ccc(Cl)s1. The molecule has 0 bridgehead atoms. The van der Waals surface area contributed by atoms with Gasteiger partial charge >= 0.3 is 0 Å². The van der Waals surface area contributed by atoms with E-state index in [-0.39, 0.29) is 5.92 Å². The van der Waals surface area contributed by atoms with Crippen LogP contribution in [0.15, 0.2) is 12.1 Å². The van der Waals surface area contributed by atoms with Gasteiger partial charge < -0.3 is 4.90 Å². The molecule has 16 heavy (non-hydrogen) atoms. The average Bonchev–Trinajstić information content (AvgIpc) is 2.74. The Morgan fingerprint density at radius 1 is 1.38 bits per heavy atom. The second kappa shape index (κ2) is 5.67. The standard InChI is InChI=1S/C12H15ClN2S/c13-12-5-4-11(16-12)10(8-14)9-15-6-2-1-3-7-15/h4-5,10H,1-3,6-7,9H2. The summed E-state index contributed by atoms with van der Waals surface area (Å²) >= 11 is 7.42. The molecule has 1 unspecified atom stereocenters. The number of nitrogens with zero attached hydrogens (tertiary/aromatic N) is 2. The fourth-order valence-electron chi connectivity index (χ4n) is 2.11. The van der Waals surface area contributed by atoms with Gasteiger partial charge in [0.25, 0.3) is 0 Å². The van der Waals surface area contributed by atoms with E-state index in [2.05, 4.69) is 11.0 Å². The summed E-state index contributed by atoms with van der Waals surface area (Å²) in [5.41, 5.74) is 0. The quantitative estimate of drug-likeness (QED) is 0.826. The van der Waals surface area contributed by atoms with Crippen molar-refractivity contribution in [3.05, 3.63) is 21.3 Å². The Kier molecular flexibility index (Phi) is 4.22. The molecule has 0 spiro atoms. The predicted octanol–water partition coefficient (Wildman–Crippen LogP) is 3.49. The van der Waals surface area contributed by atoms with Crippen LogP contribution in [0.1, 0.15) is 30.1 Å². The number of likely N-dealkylation sites (tertiary alicyclic amines) is 1. The van der Waals surface area contributed by atoms with Crippen LogP contribution >= 0.6 is 22.9 Å². The molecule has 1 saturated heterocycles. The molecule has 1 fully saturated rings. The van der Waals surface area contributed by atoms with Gasteiger partial charge in [-0.2, -0.15) is 5.26 Å². The van der Waals surface area contributed by atoms with Crippen LogP contribution in [0.3, 0.4) is 0 Å². The van der Waals surface area contributed by atoms with Gasteiger partial charge in [0.2, 0.25) is 0 Å². The lowest BCUT2D eigenvalue weighted by Gasteiger charge is -2.27. The van der Waals surface area contributed by atoms with Crippen molar-refractivity contribution in [1.29, 1.82) is 5.26 Å². The molecular formula is C12H15ClN2S. The Balaban J connectivity index is 1.98. The molecule has 1 aliphatic rings. The van der Waals surface area contributed by atoms with E-state index in [0.717, 1.165) is 28.8 Å². The van der Waals surface area contributed by atoms with E-state index in [9.17, 15) is 5.26 Å². The molecule has 2 nitrogen and oxygen atoms in total. The zero-order valence-corrected chi connectivity index (χ0v) is 10.7. The molecule has 2 rings (SSSR count). The van der Waals surface area contributed by atoms with Gasteiger partial charge in [-0.05, 0) is 38.1 Å². The molecule has 0 aromatic carbocycles. The van der Waals surface area contributed by atoms with E-state index < -0.39 is 0 Å². The van der Waals surface area contributed by atoms with Crippen LogP contribution in [0.4, 0.5) is 0 Å². The number of thiophene rings is 1. The molecule has 1 aromatic rings. The first-order valence-corrected chi connectivity index (χ1v) is 6.86. The third kappa shape index (κ3) is 2.98. The van der Waals surface area contributed by atoms with Gasteiger partial charge in [-0.25, -0.2) is 0 Å². The Bertz CT molecular complexity index is 377. The second-order valence-electron chi connectivity index (χ2n) is 4.18. The fraction of sp³-hybridized carbons (Fsp3) is 0.583. The van der Waals surface area contributed by atoms with Crippen molar-refractivity contribution in [3.63, 3.8) is 0 Å². The summed E-state index contributed by atoms with van der Waals surface area (Å²) in [7, 11) is 0. The average molecular weight is 255 g/mol. The van der Waals surface area contributed by atoms with Crippen LogP contribution in [0, 0.1) is 11.3 Å². The summed E-state index contributed by atoms with van der Waals surface area (Å²) in [6.45, 7) is 3.13. The molecular weight excluding hydrogens is 240 g/mol. The van der Waals surface area contributed by atoms with Crippen LogP contribution in [0.2, 0.25) is 4.34 Å². The zero-order chi connectivity index (χ0) is 11.4. The topological polar surface area (TPSA) is 27.0 Å². The smallest absolute Gasteiger partial charge is 0.0933 e. The lowest BCUT2D eigenvalue weighted by Crippen LogP contribution is -2.33. The number of rotatable bonds is 3. The summed E-state index contributed by atoms with van der Waals surface area (Å²) in [6.07, 6.45) is 3.87. The molecule has 86 valence electrons. The first-order chi connectivity index (χ1) is 7.79. The monoisotopic (exact) mass is 254 g/mol. The van der Waals surface area contributed by atoms with Crippen molar-refractivity contribution < 1.29 is 0 Å². The lowest BCUT2D eigenvalue weighted by atomic mass is 10.1. The highest BCUT2D eigenvalue weighted by molar-refractivity contribution is 7.16. The summed E-state index contributed by atoms with van der Waals surface area (Å²) in [5.74, 6) is -0.0180. The molecule has 0 radical (unpaired) electrons. The molecule has 0 saturated carbocycles. The Morgan fingerprint density at radius 3 is 2.69 bits per heavy atom. The Morgan fingerprint density at radius 2 is 2.12 bits per heavy atom. The fourth-order valence-corrected chi connectivity index (χ4v) is 3.21. The number of halogens is 1. The molecule has 0 amide bonds. The van der Waals surface area contributed by atoms with Crippen molar-refractivity contribution in [2.75, 3.05) is 19.6 Å². The van der Waals surface area contributed by atoms with Gasteiger partial charge in [0.1, 0.15) is 0 Å². The summed E-state index contributed by atoms with van der Waals surface area (Å²) in [6, 6.07) is 6.24. The number of hydrogen-bond donors (Lipinski definition) is 0. The minimum absolute atomic E-state index is 0.0180. The third-order valence-corrected chi connectivity index (χ3v) is 4.33. The first-order valence-electron chi connectivity index (χ1n) is 5.67. The largest absolute Gasteiger partial charge is 0.302 e. The maximum atomic E-state index is 9.21. The van der Waals surface area contributed by atoms with Gasteiger partial charge in [0.05, 0.1) is 16.3 Å². The molecule has 1 atom stereocenters. The van der Waals surface area contributed by atoms with Gasteiger partial charge in [0.15, 0.2) is 0 Å². The van der Waals surface area contributed by atoms with Crippen LogP contribution in [-0.4, -0.2) is 24.5 Å². The number of hydrogen-bond acceptors (Lipinski definition) is 3. The van der Waals surface area contributed by atoms with E-state index in [1.165, 1.54) is 30.6 Å². The normalized spacial score (nSPS) is 19.2. The number of nitriles is 1. The number of piperidine rings is 1. The molecule has 1 aliphatic heterocycles. The van der Waals surface area contributed by atoms with Crippen LogP contribution in [0.5, 0.6) is 0 Å². The highest BCUT2D eigenvalue weighted by atomic mass is 35.5. The Labute approximate surface area is 105 Å². The lowest BCUT2D eigenvalue weighted by molar-refractivity contribution is 0.225. The van der Waals surface area contributed by atoms with Gasteiger partial charge in [-0.1, -0.05) is 18.0 Å². The summed E-state index contributed by atoms with van der Waals surface area (Å²) in [5, 5.41) is 9.21. The summed E-state index contributed by atoms with van der Waals surface area (Å²) in [4.78, 5) is 3.49.